The van der Waals surface area contributed by atoms with E-state index in [4.69, 9.17) is 0 Å². The molecular formula is C23H22N6O. The van der Waals surface area contributed by atoms with E-state index in [1.807, 2.05) is 81.2 Å². The number of hydrogen-bond donors (Lipinski definition) is 0. The van der Waals surface area contributed by atoms with Gasteiger partial charge >= 0.3 is 0 Å². The number of carbonyl (C=O) groups is 1. The van der Waals surface area contributed by atoms with Crippen LogP contribution in [0.1, 0.15) is 25.1 Å². The van der Waals surface area contributed by atoms with Gasteiger partial charge < -0.3 is 4.57 Å². The molecule has 1 aromatic carbocycles. The Hall–Kier alpha value is -3.74. The van der Waals surface area contributed by atoms with Crippen molar-refractivity contribution in [2.45, 2.75) is 26.2 Å². The molecule has 4 heterocycles. The van der Waals surface area contributed by atoms with E-state index in [1.165, 1.54) is 0 Å². The maximum atomic E-state index is 13.2. The van der Waals surface area contributed by atoms with Crippen LogP contribution in [-0.2, 0) is 17.3 Å². The number of fused-ring (bicyclic) bond motifs is 1. The Morgan fingerprint density at radius 2 is 1.87 bits per heavy atom. The summed E-state index contributed by atoms with van der Waals surface area (Å²) in [5.74, 6) is 0.649. The molecule has 0 bridgehead atoms. The second-order valence-corrected chi connectivity index (χ2v) is 8.17. The van der Waals surface area contributed by atoms with Crippen LogP contribution in [0.2, 0.25) is 0 Å². The van der Waals surface area contributed by atoms with Crippen LogP contribution < -0.4 is 4.90 Å². The van der Waals surface area contributed by atoms with Crippen molar-refractivity contribution in [1.29, 1.82) is 0 Å². The minimum atomic E-state index is -0.612. The highest BCUT2D eigenvalue weighted by Crippen LogP contribution is 2.46. The molecule has 3 aromatic heterocycles. The maximum absolute atomic E-state index is 13.2. The van der Waals surface area contributed by atoms with Crippen LogP contribution in [0.3, 0.4) is 0 Å². The average Bonchev–Trinajstić information content (AvgIpc) is 3.41. The SMILES string of the molecule is Cc1cc(-n2cnc(-c3ccc4c(c3)N(c3ccn(C)n3)C(=O)C4(C)C)c2)ccn1. The first-order chi connectivity index (χ1) is 14.3. The lowest BCUT2D eigenvalue weighted by molar-refractivity contribution is -0.121. The molecule has 0 atom stereocenters. The number of aromatic nitrogens is 5. The van der Waals surface area contributed by atoms with E-state index in [-0.39, 0.29) is 5.91 Å². The molecule has 0 fully saturated rings. The maximum Gasteiger partial charge on any atom is 0.242 e. The molecule has 1 aliphatic rings. The summed E-state index contributed by atoms with van der Waals surface area (Å²) >= 11 is 0. The number of anilines is 2. The predicted octanol–water partition coefficient (Wildman–Crippen LogP) is 3.93. The summed E-state index contributed by atoms with van der Waals surface area (Å²) in [5.41, 5.74) is 4.98. The molecule has 150 valence electrons. The fourth-order valence-corrected chi connectivity index (χ4v) is 3.96. The van der Waals surface area contributed by atoms with Crippen LogP contribution in [0.25, 0.3) is 16.9 Å². The normalized spacial score (nSPS) is 14.9. The number of amides is 1. The van der Waals surface area contributed by atoms with Crippen LogP contribution >= 0.6 is 0 Å². The summed E-state index contributed by atoms with van der Waals surface area (Å²) in [6.45, 7) is 5.88. The molecule has 7 heteroatoms. The molecule has 0 saturated heterocycles. The number of rotatable bonds is 3. The topological polar surface area (TPSA) is 68.8 Å². The van der Waals surface area contributed by atoms with Crippen LogP contribution in [0.4, 0.5) is 11.5 Å². The standard InChI is InChI=1S/C23H22N6O/c1-15-11-17(7-9-24-15)28-13-19(25-14-28)16-5-6-18-20(12-16)29(22(30)23(18,2)3)21-8-10-27(4)26-21/h5-14H,1-4H3. The fraction of sp³-hybridized carbons (Fsp3) is 0.217. The molecule has 4 aromatic rings. The third kappa shape index (κ3) is 2.74. The van der Waals surface area contributed by atoms with Gasteiger partial charge in [-0.15, -0.1) is 0 Å². The van der Waals surface area contributed by atoms with Crippen molar-refractivity contribution in [1.82, 2.24) is 24.3 Å². The van der Waals surface area contributed by atoms with Gasteiger partial charge in [0, 0.05) is 48.6 Å². The summed E-state index contributed by atoms with van der Waals surface area (Å²) in [5, 5.41) is 4.46. The van der Waals surface area contributed by atoms with Crippen molar-refractivity contribution in [3.8, 4) is 16.9 Å². The molecule has 0 saturated carbocycles. The average molecular weight is 398 g/mol. The third-order valence-corrected chi connectivity index (χ3v) is 5.64. The Labute approximate surface area is 174 Å². The minimum Gasteiger partial charge on any atom is -0.306 e. The Morgan fingerprint density at radius 1 is 1.03 bits per heavy atom. The molecule has 5 rings (SSSR count). The number of carbonyl (C=O) groups excluding carboxylic acids is 1. The zero-order valence-electron chi connectivity index (χ0n) is 17.4. The van der Waals surface area contributed by atoms with Gasteiger partial charge in [-0.3, -0.25) is 19.4 Å². The molecule has 0 unspecified atom stereocenters. The quantitative estimate of drug-likeness (QED) is 0.524. The molecule has 0 aliphatic carbocycles. The molecule has 30 heavy (non-hydrogen) atoms. The zero-order valence-corrected chi connectivity index (χ0v) is 17.4. The van der Waals surface area contributed by atoms with Crippen molar-refractivity contribution in [2.24, 2.45) is 7.05 Å². The number of nitrogens with zero attached hydrogens (tertiary/aromatic N) is 6. The van der Waals surface area contributed by atoms with Gasteiger partial charge in [0.1, 0.15) is 0 Å². The van der Waals surface area contributed by atoms with Crippen LogP contribution in [0, 0.1) is 6.92 Å². The number of imidazole rings is 1. The van der Waals surface area contributed by atoms with Crippen molar-refractivity contribution in [2.75, 3.05) is 4.90 Å². The Bertz CT molecular complexity index is 1280. The summed E-state index contributed by atoms with van der Waals surface area (Å²) in [6.07, 6.45) is 7.42. The predicted molar refractivity (Wildman–Crippen MR) is 115 cm³/mol. The first kappa shape index (κ1) is 18.3. The Balaban J connectivity index is 1.59. The van der Waals surface area contributed by atoms with Crippen LogP contribution in [0.5, 0.6) is 0 Å². The number of pyridine rings is 1. The van der Waals surface area contributed by atoms with E-state index in [2.05, 4.69) is 15.1 Å². The fourth-order valence-electron chi connectivity index (χ4n) is 3.96. The smallest absolute Gasteiger partial charge is 0.242 e. The summed E-state index contributed by atoms with van der Waals surface area (Å²) in [7, 11) is 1.85. The lowest BCUT2D eigenvalue weighted by Crippen LogP contribution is -2.33. The van der Waals surface area contributed by atoms with Gasteiger partial charge in [-0.05, 0) is 44.5 Å². The van der Waals surface area contributed by atoms with Crippen molar-refractivity contribution in [3.05, 3.63) is 72.6 Å². The van der Waals surface area contributed by atoms with Gasteiger partial charge in [0.25, 0.3) is 0 Å². The van der Waals surface area contributed by atoms with E-state index in [0.29, 0.717) is 5.82 Å². The summed E-state index contributed by atoms with van der Waals surface area (Å²) in [4.78, 5) is 23.8. The molecule has 1 amide bonds. The van der Waals surface area contributed by atoms with Gasteiger partial charge in [0.05, 0.1) is 23.1 Å². The van der Waals surface area contributed by atoms with Gasteiger partial charge in [-0.1, -0.05) is 12.1 Å². The van der Waals surface area contributed by atoms with Crippen molar-refractivity contribution in [3.63, 3.8) is 0 Å². The molecule has 0 radical (unpaired) electrons. The van der Waals surface area contributed by atoms with E-state index < -0.39 is 5.41 Å². The summed E-state index contributed by atoms with van der Waals surface area (Å²) in [6, 6.07) is 11.9. The van der Waals surface area contributed by atoms with E-state index in [9.17, 15) is 4.79 Å². The third-order valence-electron chi connectivity index (χ3n) is 5.64. The number of benzene rings is 1. The molecular weight excluding hydrogens is 376 g/mol. The molecule has 1 aliphatic heterocycles. The Morgan fingerprint density at radius 3 is 2.60 bits per heavy atom. The first-order valence-electron chi connectivity index (χ1n) is 9.81. The lowest BCUT2D eigenvalue weighted by atomic mass is 9.86. The number of hydrogen-bond acceptors (Lipinski definition) is 4. The lowest BCUT2D eigenvalue weighted by Gasteiger charge is -2.18. The van der Waals surface area contributed by atoms with Gasteiger partial charge in [0.15, 0.2) is 5.82 Å². The second-order valence-electron chi connectivity index (χ2n) is 8.17. The second kappa shape index (κ2) is 6.38. The van der Waals surface area contributed by atoms with Crippen LogP contribution in [-0.4, -0.2) is 30.2 Å². The first-order valence-corrected chi connectivity index (χ1v) is 9.81. The highest BCUT2D eigenvalue weighted by atomic mass is 16.2. The van der Waals surface area contributed by atoms with Gasteiger partial charge in [0.2, 0.25) is 5.91 Å². The monoisotopic (exact) mass is 398 g/mol. The summed E-state index contributed by atoms with van der Waals surface area (Å²) < 4.78 is 3.68. The van der Waals surface area contributed by atoms with E-state index in [0.717, 1.165) is 33.9 Å². The zero-order chi connectivity index (χ0) is 21.0. The van der Waals surface area contributed by atoms with Crippen LogP contribution in [0.15, 0.2) is 61.3 Å². The number of aryl methyl sites for hydroxylation is 2. The highest BCUT2D eigenvalue weighted by molar-refractivity contribution is 6.12. The molecule has 0 N–H and O–H groups in total. The molecule has 0 spiro atoms. The van der Waals surface area contributed by atoms with Gasteiger partial charge in [-0.2, -0.15) is 5.10 Å². The van der Waals surface area contributed by atoms with E-state index >= 15 is 0 Å². The van der Waals surface area contributed by atoms with E-state index in [1.54, 1.807) is 22.1 Å². The largest absolute Gasteiger partial charge is 0.306 e. The Kier molecular flexibility index (Phi) is 3.89. The van der Waals surface area contributed by atoms with Gasteiger partial charge in [-0.25, -0.2) is 4.98 Å². The highest BCUT2D eigenvalue weighted by Gasteiger charge is 2.45. The molecule has 7 nitrogen and oxygen atoms in total. The van der Waals surface area contributed by atoms with Crippen molar-refractivity contribution < 1.29 is 4.79 Å². The minimum absolute atomic E-state index is 0.0196. The van der Waals surface area contributed by atoms with Crippen molar-refractivity contribution >= 4 is 17.4 Å².